The Morgan fingerprint density at radius 3 is 2.50 bits per heavy atom. The molecule has 150 valence electrons. The molecule has 1 amide bonds. The molecule has 0 aromatic heterocycles. The van der Waals surface area contributed by atoms with E-state index in [9.17, 15) is 17.8 Å². The van der Waals surface area contributed by atoms with E-state index in [0.717, 1.165) is 4.47 Å². The second-order valence-corrected chi connectivity index (χ2v) is 9.48. The molecular weight excluding hydrogens is 464 g/mol. The van der Waals surface area contributed by atoms with E-state index in [-0.39, 0.29) is 16.4 Å². The third kappa shape index (κ3) is 3.50. The summed E-state index contributed by atoms with van der Waals surface area (Å²) in [4.78, 5) is 14.6. The average molecular weight is 485 g/mol. The highest BCUT2D eigenvalue weighted by atomic mass is 79.9. The highest BCUT2D eigenvalue weighted by molar-refractivity contribution is 9.10. The summed E-state index contributed by atoms with van der Waals surface area (Å²) < 4.78 is 35.6. The Labute approximate surface area is 178 Å². The van der Waals surface area contributed by atoms with Crippen LogP contribution < -0.4 is 5.32 Å². The van der Waals surface area contributed by atoms with Crippen LogP contribution in [0.5, 0.6) is 0 Å². The van der Waals surface area contributed by atoms with Crippen molar-refractivity contribution in [2.45, 2.75) is 35.7 Å². The number of rotatable bonds is 5. The number of thiol groups is 1. The van der Waals surface area contributed by atoms with Crippen LogP contribution in [-0.4, -0.2) is 36.3 Å². The topological polar surface area (TPSA) is 86.7 Å². The van der Waals surface area contributed by atoms with Crippen molar-refractivity contribution in [3.05, 3.63) is 63.6 Å². The zero-order valence-corrected chi connectivity index (χ0v) is 18.7. The Morgan fingerprint density at radius 2 is 1.96 bits per heavy atom. The number of carbonyl (C=O) groups is 1. The van der Waals surface area contributed by atoms with Gasteiger partial charge in [-0.2, -0.15) is 8.42 Å². The first-order valence-corrected chi connectivity index (χ1v) is 11.5. The van der Waals surface area contributed by atoms with Crippen LogP contribution in [0.25, 0.3) is 0 Å². The highest BCUT2D eigenvalue weighted by Gasteiger charge is 2.53. The van der Waals surface area contributed by atoms with Crippen LogP contribution in [0, 0.1) is 0 Å². The number of nitrogens with one attached hydrogen (secondary N) is 1. The lowest BCUT2D eigenvalue weighted by Crippen LogP contribution is -2.46. The fraction of sp³-hybridized carbons (Fsp3) is 0.316. The molecule has 1 saturated heterocycles. The zero-order chi connectivity index (χ0) is 20.7. The molecule has 2 aromatic carbocycles. The van der Waals surface area contributed by atoms with Crippen molar-refractivity contribution in [3.8, 4) is 0 Å². The number of hydrogen-bond donors (Lipinski definition) is 3. The predicted molar refractivity (Wildman–Crippen MR) is 114 cm³/mol. The quantitative estimate of drug-likeness (QED) is 0.448. The van der Waals surface area contributed by atoms with Crippen molar-refractivity contribution in [1.82, 2.24) is 10.2 Å². The van der Waals surface area contributed by atoms with Crippen LogP contribution in [0.2, 0.25) is 0 Å². The Balaban J connectivity index is 2.42. The number of hydrogen-bond acceptors (Lipinski definition) is 5. The number of aryl methyl sites for hydroxylation is 1. The fourth-order valence-electron chi connectivity index (χ4n) is 3.66. The highest BCUT2D eigenvalue weighted by Crippen LogP contribution is 2.42. The number of likely N-dealkylation sites (N-methyl/N-ethyl adjacent to an activating group) is 1. The molecule has 28 heavy (non-hydrogen) atoms. The molecule has 1 heterocycles. The lowest BCUT2D eigenvalue weighted by atomic mass is 9.81. The molecule has 0 radical (unpaired) electrons. The summed E-state index contributed by atoms with van der Waals surface area (Å²) in [6.45, 7) is 1.92. The molecule has 2 aromatic rings. The molecule has 2 atom stereocenters. The number of amides is 1. The molecule has 0 spiro atoms. The SMILES string of the molecule is CCCc1cccc(C2(c3cccc(Br)c3)NC(S)N(C)C2=O)c1S(=O)(=O)O. The third-order valence-corrected chi connectivity index (χ3v) is 6.86. The van der Waals surface area contributed by atoms with Gasteiger partial charge < -0.3 is 4.90 Å². The largest absolute Gasteiger partial charge is 0.319 e. The van der Waals surface area contributed by atoms with Crippen LogP contribution in [0.4, 0.5) is 0 Å². The second kappa shape index (κ2) is 7.79. The molecule has 6 nitrogen and oxygen atoms in total. The van der Waals surface area contributed by atoms with E-state index >= 15 is 0 Å². The summed E-state index contributed by atoms with van der Waals surface area (Å²) in [5, 5.41) is 3.15. The molecule has 2 unspecified atom stereocenters. The minimum Gasteiger partial charge on any atom is -0.319 e. The van der Waals surface area contributed by atoms with Gasteiger partial charge in [-0.1, -0.05) is 59.6 Å². The van der Waals surface area contributed by atoms with Crippen molar-refractivity contribution in [3.63, 3.8) is 0 Å². The number of benzene rings is 2. The maximum Gasteiger partial charge on any atom is 0.295 e. The summed E-state index contributed by atoms with van der Waals surface area (Å²) in [6, 6.07) is 12.0. The molecule has 0 saturated carbocycles. The van der Waals surface area contributed by atoms with E-state index in [2.05, 4.69) is 33.9 Å². The number of carbonyl (C=O) groups excluding carboxylic acids is 1. The van der Waals surface area contributed by atoms with Gasteiger partial charge in [-0.3, -0.25) is 14.7 Å². The first-order chi connectivity index (χ1) is 13.1. The van der Waals surface area contributed by atoms with Gasteiger partial charge in [0.05, 0.1) is 0 Å². The van der Waals surface area contributed by atoms with Gasteiger partial charge >= 0.3 is 0 Å². The van der Waals surface area contributed by atoms with Gasteiger partial charge in [0.1, 0.15) is 10.4 Å². The number of nitrogens with zero attached hydrogens (tertiary/aromatic N) is 1. The minimum atomic E-state index is -4.59. The Morgan fingerprint density at radius 1 is 1.29 bits per heavy atom. The normalized spacial score (nSPS) is 22.7. The Kier molecular flexibility index (Phi) is 5.94. The first-order valence-electron chi connectivity index (χ1n) is 8.72. The van der Waals surface area contributed by atoms with E-state index < -0.39 is 21.2 Å². The van der Waals surface area contributed by atoms with Crippen molar-refractivity contribution in [2.75, 3.05) is 7.05 Å². The summed E-state index contributed by atoms with van der Waals surface area (Å²) in [5.74, 6) is -0.357. The van der Waals surface area contributed by atoms with Gasteiger partial charge in [0.2, 0.25) is 0 Å². The van der Waals surface area contributed by atoms with Gasteiger partial charge in [0, 0.05) is 17.1 Å². The van der Waals surface area contributed by atoms with E-state index in [1.54, 1.807) is 43.4 Å². The monoisotopic (exact) mass is 484 g/mol. The van der Waals surface area contributed by atoms with Crippen LogP contribution in [0.1, 0.15) is 30.0 Å². The fourth-order valence-corrected chi connectivity index (χ4v) is 5.35. The maximum absolute atomic E-state index is 13.4. The van der Waals surface area contributed by atoms with Crippen molar-refractivity contribution >= 4 is 44.6 Å². The maximum atomic E-state index is 13.4. The van der Waals surface area contributed by atoms with Crippen molar-refractivity contribution < 1.29 is 17.8 Å². The second-order valence-electron chi connectivity index (χ2n) is 6.71. The molecule has 3 rings (SSSR count). The van der Waals surface area contributed by atoms with Crippen molar-refractivity contribution in [2.24, 2.45) is 0 Å². The number of halogens is 1. The van der Waals surface area contributed by atoms with Crippen LogP contribution >= 0.6 is 28.6 Å². The lowest BCUT2D eigenvalue weighted by molar-refractivity contribution is -0.130. The van der Waals surface area contributed by atoms with Gasteiger partial charge in [0.15, 0.2) is 5.54 Å². The predicted octanol–water partition coefficient (Wildman–Crippen LogP) is 3.17. The van der Waals surface area contributed by atoms with E-state index in [4.69, 9.17) is 0 Å². The zero-order valence-electron chi connectivity index (χ0n) is 15.4. The molecule has 9 heteroatoms. The summed E-state index contributed by atoms with van der Waals surface area (Å²) >= 11 is 7.84. The Bertz CT molecular complexity index is 1030. The summed E-state index contributed by atoms with van der Waals surface area (Å²) in [7, 11) is -2.99. The summed E-state index contributed by atoms with van der Waals surface area (Å²) in [6.07, 6.45) is 1.14. The van der Waals surface area contributed by atoms with Crippen LogP contribution in [-0.2, 0) is 26.9 Å². The molecule has 1 aliphatic heterocycles. The molecule has 0 aliphatic carbocycles. The average Bonchev–Trinajstić information content (AvgIpc) is 2.86. The lowest BCUT2D eigenvalue weighted by Gasteiger charge is -2.31. The molecule has 0 bridgehead atoms. The van der Waals surface area contributed by atoms with Crippen LogP contribution in [0.15, 0.2) is 51.8 Å². The Hall–Kier alpha value is -1.39. The van der Waals surface area contributed by atoms with E-state index in [1.165, 1.54) is 4.90 Å². The van der Waals surface area contributed by atoms with Gasteiger partial charge in [-0.25, -0.2) is 0 Å². The van der Waals surface area contributed by atoms with Gasteiger partial charge in [-0.15, -0.1) is 12.6 Å². The van der Waals surface area contributed by atoms with Crippen molar-refractivity contribution in [1.29, 1.82) is 0 Å². The standard InChI is InChI=1S/C19H21BrN2O4S2/c1-3-6-12-7-4-10-15(16(12)28(24,25)26)19(13-8-5-9-14(20)11-13)17(23)22(2)18(27)21-19/h4-5,7-11,18,21,27H,3,6H2,1-2H3,(H,24,25,26). The van der Waals surface area contributed by atoms with E-state index in [1.807, 2.05) is 13.0 Å². The third-order valence-electron chi connectivity index (χ3n) is 4.89. The van der Waals surface area contributed by atoms with Crippen LogP contribution in [0.3, 0.4) is 0 Å². The molecule has 1 fully saturated rings. The van der Waals surface area contributed by atoms with Gasteiger partial charge in [0.25, 0.3) is 16.0 Å². The smallest absolute Gasteiger partial charge is 0.295 e. The molecule has 2 N–H and O–H groups in total. The van der Waals surface area contributed by atoms with Gasteiger partial charge in [-0.05, 0) is 29.7 Å². The first kappa shape index (κ1) is 21.3. The van der Waals surface area contributed by atoms with E-state index in [0.29, 0.717) is 24.0 Å². The minimum absolute atomic E-state index is 0.187. The molecular formula is C19H21BrN2O4S2. The summed E-state index contributed by atoms with van der Waals surface area (Å²) in [5.41, 5.74) is -0.923. The molecule has 1 aliphatic rings.